The Morgan fingerprint density at radius 2 is 2.05 bits per heavy atom. The summed E-state index contributed by atoms with van der Waals surface area (Å²) >= 11 is 3.62. The van der Waals surface area contributed by atoms with Crippen LogP contribution in [0.2, 0.25) is 0 Å². The van der Waals surface area contributed by atoms with Gasteiger partial charge in [-0.15, -0.1) is 22.7 Å². The van der Waals surface area contributed by atoms with Crippen molar-refractivity contribution in [2.24, 2.45) is 0 Å². The van der Waals surface area contributed by atoms with Gasteiger partial charge in [0.2, 0.25) is 0 Å². The lowest BCUT2D eigenvalue weighted by molar-refractivity contribution is 0.561. The second kappa shape index (κ2) is 5.73. The number of thiazole rings is 1. The van der Waals surface area contributed by atoms with E-state index in [-0.39, 0.29) is 5.41 Å². The fraction of sp³-hybridized carbons (Fsp3) is 0.533. The molecule has 19 heavy (non-hydrogen) atoms. The minimum Gasteiger partial charge on any atom is -0.304 e. The summed E-state index contributed by atoms with van der Waals surface area (Å²) in [6.45, 7) is 11.8. The molecule has 2 nitrogen and oxygen atoms in total. The molecule has 0 aromatic carbocycles. The van der Waals surface area contributed by atoms with Crippen LogP contribution >= 0.6 is 22.7 Å². The molecule has 2 aromatic heterocycles. The summed E-state index contributed by atoms with van der Waals surface area (Å²) in [5, 5.41) is 6.93. The van der Waals surface area contributed by atoms with Crippen molar-refractivity contribution in [3.8, 4) is 0 Å². The highest BCUT2D eigenvalue weighted by atomic mass is 32.1. The Labute approximate surface area is 123 Å². The normalized spacial score (nSPS) is 13.7. The standard InChI is InChI=1S/C15H22N2S2/c1-10-6-7-13(19-10)11(2)16-8-12-9-18-14(17-12)15(3,4)5/h6-7,9,11,16H,8H2,1-5H3. The molecule has 104 valence electrons. The summed E-state index contributed by atoms with van der Waals surface area (Å²) in [7, 11) is 0. The number of hydrogen-bond donors (Lipinski definition) is 1. The molecule has 0 spiro atoms. The summed E-state index contributed by atoms with van der Waals surface area (Å²) in [5.41, 5.74) is 1.30. The number of aromatic nitrogens is 1. The van der Waals surface area contributed by atoms with Crippen molar-refractivity contribution in [3.63, 3.8) is 0 Å². The van der Waals surface area contributed by atoms with E-state index < -0.39 is 0 Å². The zero-order valence-electron chi connectivity index (χ0n) is 12.3. The molecular formula is C15H22N2S2. The van der Waals surface area contributed by atoms with Crippen LogP contribution in [0.1, 0.15) is 54.2 Å². The maximum atomic E-state index is 4.71. The number of nitrogens with zero attached hydrogens (tertiary/aromatic N) is 1. The van der Waals surface area contributed by atoms with Crippen LogP contribution in [0.4, 0.5) is 0 Å². The van der Waals surface area contributed by atoms with E-state index in [1.807, 2.05) is 11.3 Å². The van der Waals surface area contributed by atoms with E-state index in [0.29, 0.717) is 6.04 Å². The average Bonchev–Trinajstić information content (AvgIpc) is 2.93. The molecule has 0 fully saturated rings. The van der Waals surface area contributed by atoms with E-state index in [1.165, 1.54) is 14.8 Å². The molecule has 0 aliphatic carbocycles. The van der Waals surface area contributed by atoms with Gasteiger partial charge in [-0.3, -0.25) is 0 Å². The molecule has 0 saturated heterocycles. The minimum absolute atomic E-state index is 0.152. The molecule has 4 heteroatoms. The molecule has 0 radical (unpaired) electrons. The smallest absolute Gasteiger partial charge is 0.0982 e. The van der Waals surface area contributed by atoms with Crippen LogP contribution in [-0.4, -0.2) is 4.98 Å². The highest BCUT2D eigenvalue weighted by Gasteiger charge is 2.18. The van der Waals surface area contributed by atoms with Gasteiger partial charge < -0.3 is 5.32 Å². The fourth-order valence-corrected chi connectivity index (χ4v) is 3.59. The fourth-order valence-electron chi connectivity index (χ4n) is 1.78. The predicted molar refractivity (Wildman–Crippen MR) is 85.1 cm³/mol. The minimum atomic E-state index is 0.152. The van der Waals surface area contributed by atoms with Gasteiger partial charge in [0.05, 0.1) is 10.7 Å². The lowest BCUT2D eigenvalue weighted by atomic mass is 9.98. The number of thiophene rings is 1. The van der Waals surface area contributed by atoms with Gasteiger partial charge in [-0.2, -0.15) is 0 Å². The molecular weight excluding hydrogens is 272 g/mol. The zero-order chi connectivity index (χ0) is 14.0. The van der Waals surface area contributed by atoms with E-state index >= 15 is 0 Å². The van der Waals surface area contributed by atoms with Crippen molar-refractivity contribution in [1.29, 1.82) is 0 Å². The molecule has 0 aliphatic rings. The van der Waals surface area contributed by atoms with Gasteiger partial charge in [-0.1, -0.05) is 20.8 Å². The second-order valence-electron chi connectivity index (χ2n) is 5.94. The van der Waals surface area contributed by atoms with Crippen LogP contribution in [0.25, 0.3) is 0 Å². The average molecular weight is 294 g/mol. The lowest BCUT2D eigenvalue weighted by Gasteiger charge is -2.14. The molecule has 0 aliphatic heterocycles. The van der Waals surface area contributed by atoms with Gasteiger partial charge in [0.1, 0.15) is 0 Å². The van der Waals surface area contributed by atoms with Crippen LogP contribution in [0.5, 0.6) is 0 Å². The van der Waals surface area contributed by atoms with Crippen LogP contribution in [-0.2, 0) is 12.0 Å². The summed E-state index contributed by atoms with van der Waals surface area (Å²) in [4.78, 5) is 7.47. The SMILES string of the molecule is Cc1ccc(C(C)NCc2csc(C(C)(C)C)n2)s1. The first-order chi connectivity index (χ1) is 8.86. The van der Waals surface area contributed by atoms with Gasteiger partial charge in [0.15, 0.2) is 0 Å². The Kier molecular flexibility index (Phi) is 4.43. The van der Waals surface area contributed by atoms with Gasteiger partial charge in [-0.25, -0.2) is 4.98 Å². The molecule has 2 rings (SSSR count). The van der Waals surface area contributed by atoms with Gasteiger partial charge in [-0.05, 0) is 26.0 Å². The molecule has 0 saturated carbocycles. The number of rotatable bonds is 4. The summed E-state index contributed by atoms with van der Waals surface area (Å²) in [5.74, 6) is 0. The quantitative estimate of drug-likeness (QED) is 0.887. The Morgan fingerprint density at radius 1 is 1.32 bits per heavy atom. The first kappa shape index (κ1) is 14.7. The van der Waals surface area contributed by atoms with Crippen molar-refractivity contribution in [3.05, 3.63) is 38.0 Å². The summed E-state index contributed by atoms with van der Waals surface area (Å²) in [6, 6.07) is 4.77. The van der Waals surface area contributed by atoms with Crippen LogP contribution < -0.4 is 5.32 Å². The Morgan fingerprint density at radius 3 is 2.58 bits per heavy atom. The summed E-state index contributed by atoms with van der Waals surface area (Å²) < 4.78 is 0. The lowest BCUT2D eigenvalue weighted by Crippen LogP contribution is -2.18. The van der Waals surface area contributed by atoms with E-state index in [4.69, 9.17) is 4.98 Å². The third kappa shape index (κ3) is 3.88. The van der Waals surface area contributed by atoms with Crippen LogP contribution in [0, 0.1) is 6.92 Å². The summed E-state index contributed by atoms with van der Waals surface area (Å²) in [6.07, 6.45) is 0. The number of hydrogen-bond acceptors (Lipinski definition) is 4. The molecule has 0 bridgehead atoms. The third-order valence-corrected chi connectivity index (χ3v) is 5.47. The van der Waals surface area contributed by atoms with E-state index in [9.17, 15) is 0 Å². The molecule has 1 atom stereocenters. The first-order valence-corrected chi connectivity index (χ1v) is 8.30. The maximum absolute atomic E-state index is 4.71. The van der Waals surface area contributed by atoms with Crippen LogP contribution in [0.15, 0.2) is 17.5 Å². The van der Waals surface area contributed by atoms with Gasteiger partial charge >= 0.3 is 0 Å². The van der Waals surface area contributed by atoms with Crippen molar-refractivity contribution in [2.75, 3.05) is 0 Å². The van der Waals surface area contributed by atoms with Crippen molar-refractivity contribution >= 4 is 22.7 Å². The molecule has 1 unspecified atom stereocenters. The van der Waals surface area contributed by atoms with Crippen molar-refractivity contribution in [1.82, 2.24) is 10.3 Å². The van der Waals surface area contributed by atoms with Crippen molar-refractivity contribution in [2.45, 2.75) is 52.6 Å². The predicted octanol–water partition coefficient (Wildman–Crippen LogP) is 4.66. The zero-order valence-corrected chi connectivity index (χ0v) is 13.9. The molecule has 1 N–H and O–H groups in total. The Hall–Kier alpha value is -0.710. The van der Waals surface area contributed by atoms with E-state index in [1.54, 1.807) is 11.3 Å². The molecule has 2 heterocycles. The van der Waals surface area contributed by atoms with E-state index in [2.05, 4.69) is 57.4 Å². The highest BCUT2D eigenvalue weighted by molar-refractivity contribution is 7.12. The van der Waals surface area contributed by atoms with Crippen LogP contribution in [0.3, 0.4) is 0 Å². The molecule has 2 aromatic rings. The van der Waals surface area contributed by atoms with E-state index in [0.717, 1.165) is 12.2 Å². The highest BCUT2D eigenvalue weighted by Crippen LogP contribution is 2.26. The Balaban J connectivity index is 1.94. The largest absolute Gasteiger partial charge is 0.304 e. The van der Waals surface area contributed by atoms with Gasteiger partial charge in [0, 0.05) is 33.1 Å². The van der Waals surface area contributed by atoms with Gasteiger partial charge in [0.25, 0.3) is 0 Å². The second-order valence-corrected chi connectivity index (χ2v) is 8.12. The first-order valence-electron chi connectivity index (χ1n) is 6.61. The number of aryl methyl sites for hydroxylation is 1. The third-order valence-electron chi connectivity index (χ3n) is 2.97. The topological polar surface area (TPSA) is 24.9 Å². The maximum Gasteiger partial charge on any atom is 0.0982 e. The van der Waals surface area contributed by atoms with Crippen molar-refractivity contribution < 1.29 is 0 Å². The number of nitrogens with one attached hydrogen (secondary N) is 1. The monoisotopic (exact) mass is 294 g/mol. The Bertz CT molecular complexity index is 534. The molecule has 0 amide bonds.